The van der Waals surface area contributed by atoms with E-state index in [4.69, 9.17) is 17.0 Å². The Morgan fingerprint density at radius 2 is 1.89 bits per heavy atom. The smallest absolute Gasteiger partial charge is 0.220 e. The highest BCUT2D eigenvalue weighted by Crippen LogP contribution is 2.39. The first-order chi connectivity index (χ1) is 13.2. The van der Waals surface area contributed by atoms with Crippen molar-refractivity contribution in [2.45, 2.75) is 26.8 Å². The second-order valence-corrected chi connectivity index (χ2v) is 6.29. The normalized spacial score (nSPS) is 11.2. The van der Waals surface area contributed by atoms with Crippen molar-refractivity contribution >= 4 is 39.6 Å². The zero-order chi connectivity index (χ0) is 19.2. The maximum absolute atomic E-state index is 10.6. The molecular formula is C20H22N4O2S. The van der Waals surface area contributed by atoms with Gasteiger partial charge in [-0.25, -0.2) is 0 Å². The van der Waals surface area contributed by atoms with Crippen molar-refractivity contribution in [3.05, 3.63) is 48.5 Å². The summed E-state index contributed by atoms with van der Waals surface area (Å²) in [6.07, 6.45) is 0.900. The van der Waals surface area contributed by atoms with E-state index in [-0.39, 0.29) is 11.0 Å². The van der Waals surface area contributed by atoms with E-state index < -0.39 is 0 Å². The van der Waals surface area contributed by atoms with Gasteiger partial charge in [0.25, 0.3) is 0 Å². The lowest BCUT2D eigenvalue weighted by Crippen LogP contribution is -2.07. The quantitative estimate of drug-likeness (QED) is 0.428. The molecule has 2 N–H and O–H groups in total. The third-order valence-electron chi connectivity index (χ3n) is 4.03. The van der Waals surface area contributed by atoms with E-state index in [2.05, 4.69) is 22.5 Å². The van der Waals surface area contributed by atoms with Gasteiger partial charge in [0.15, 0.2) is 5.69 Å². The van der Waals surface area contributed by atoms with Crippen LogP contribution in [0.2, 0.25) is 0 Å². The molecule has 0 saturated heterocycles. The Bertz CT molecular complexity index is 981. The summed E-state index contributed by atoms with van der Waals surface area (Å²) in [5.74, 6) is 0.791. The number of thiocarbonyl (C=S) groups is 1. The number of hydrogen-bond acceptors (Lipinski definition) is 4. The van der Waals surface area contributed by atoms with E-state index in [1.54, 1.807) is 0 Å². The fourth-order valence-electron chi connectivity index (χ4n) is 2.91. The second kappa shape index (κ2) is 8.64. The van der Waals surface area contributed by atoms with Crippen LogP contribution in [0.25, 0.3) is 10.9 Å². The van der Waals surface area contributed by atoms with Crippen molar-refractivity contribution in [3.63, 3.8) is 0 Å². The monoisotopic (exact) mass is 382 g/mol. The van der Waals surface area contributed by atoms with Crippen LogP contribution >= 0.6 is 12.2 Å². The highest BCUT2D eigenvalue weighted by molar-refractivity contribution is 7.80. The maximum Gasteiger partial charge on any atom is 0.220 e. The molecule has 0 amide bonds. The van der Waals surface area contributed by atoms with E-state index in [0.29, 0.717) is 24.6 Å². The molecule has 0 radical (unpaired) electrons. The molecule has 0 aliphatic heterocycles. The number of hydrogen-bond donors (Lipinski definition) is 2. The van der Waals surface area contributed by atoms with Gasteiger partial charge in [0.2, 0.25) is 11.0 Å². The van der Waals surface area contributed by atoms with E-state index in [1.807, 2.05) is 60.0 Å². The Morgan fingerprint density at radius 1 is 1.15 bits per heavy atom. The highest BCUT2D eigenvalue weighted by atomic mass is 32.1. The third-order valence-corrected chi connectivity index (χ3v) is 4.22. The molecule has 0 aliphatic rings. The van der Waals surface area contributed by atoms with Crippen LogP contribution in [0.15, 0.2) is 58.8 Å². The predicted molar refractivity (Wildman–Crippen MR) is 112 cm³/mol. The van der Waals surface area contributed by atoms with Crippen molar-refractivity contribution in [2.24, 2.45) is 10.2 Å². The van der Waals surface area contributed by atoms with Gasteiger partial charge >= 0.3 is 0 Å². The third kappa shape index (κ3) is 4.09. The molecule has 0 spiro atoms. The molecule has 27 heavy (non-hydrogen) atoms. The molecule has 6 nitrogen and oxygen atoms in total. The summed E-state index contributed by atoms with van der Waals surface area (Å²) in [4.78, 5) is 0. The minimum atomic E-state index is 0.0966. The first-order valence-electron chi connectivity index (χ1n) is 8.90. The van der Waals surface area contributed by atoms with Gasteiger partial charge < -0.3 is 19.7 Å². The molecule has 0 unspecified atom stereocenters. The number of aromatic hydroxyl groups is 1. The van der Waals surface area contributed by atoms with Crippen LogP contribution in [-0.4, -0.2) is 21.4 Å². The lowest BCUT2D eigenvalue weighted by Gasteiger charge is -2.10. The van der Waals surface area contributed by atoms with Crippen LogP contribution in [0.5, 0.6) is 11.6 Å². The minimum absolute atomic E-state index is 0.0966. The molecule has 140 valence electrons. The van der Waals surface area contributed by atoms with Gasteiger partial charge in [-0.1, -0.05) is 37.3 Å². The summed E-state index contributed by atoms with van der Waals surface area (Å²) in [5.41, 5.74) is 2.06. The Labute approximate surface area is 163 Å². The number of azo groups is 1. The summed E-state index contributed by atoms with van der Waals surface area (Å²) in [6, 6.07) is 15.2. The first-order valence-corrected chi connectivity index (χ1v) is 9.31. The zero-order valence-corrected chi connectivity index (χ0v) is 16.2. The second-order valence-electron chi connectivity index (χ2n) is 5.90. The highest BCUT2D eigenvalue weighted by Gasteiger charge is 2.15. The SMILES string of the molecule is CCCn1c(O)c(N=NC(=S)Nc2ccccc2OCC)c2ccccc21. The number of aryl methyl sites for hydroxylation is 1. The number of nitrogens with one attached hydrogen (secondary N) is 1. The molecular weight excluding hydrogens is 360 g/mol. The van der Waals surface area contributed by atoms with E-state index in [1.165, 1.54) is 0 Å². The molecule has 1 heterocycles. The van der Waals surface area contributed by atoms with Gasteiger partial charge in [-0.3, -0.25) is 0 Å². The van der Waals surface area contributed by atoms with Crippen LogP contribution < -0.4 is 10.1 Å². The van der Waals surface area contributed by atoms with Crippen molar-refractivity contribution in [3.8, 4) is 11.6 Å². The van der Waals surface area contributed by atoms with Crippen LogP contribution in [0.3, 0.4) is 0 Å². The summed E-state index contributed by atoms with van der Waals surface area (Å²) in [5, 5.41) is 22.9. The topological polar surface area (TPSA) is 71.1 Å². The number of para-hydroxylation sites is 3. The summed E-state index contributed by atoms with van der Waals surface area (Å²) in [6.45, 7) is 5.23. The average Bonchev–Trinajstić information content (AvgIpc) is 2.94. The van der Waals surface area contributed by atoms with Gasteiger partial charge in [0, 0.05) is 11.9 Å². The van der Waals surface area contributed by atoms with Crippen LogP contribution in [0, 0.1) is 0 Å². The first kappa shape index (κ1) is 18.8. The minimum Gasteiger partial charge on any atom is -0.493 e. The molecule has 0 aliphatic carbocycles. The average molecular weight is 382 g/mol. The van der Waals surface area contributed by atoms with Crippen molar-refractivity contribution in [2.75, 3.05) is 11.9 Å². The molecule has 0 bridgehead atoms. The predicted octanol–water partition coefficient (Wildman–Crippen LogP) is 5.64. The van der Waals surface area contributed by atoms with Crippen molar-refractivity contribution in [1.82, 2.24) is 4.57 Å². The maximum atomic E-state index is 10.6. The number of ether oxygens (including phenoxy) is 1. The van der Waals surface area contributed by atoms with Gasteiger partial charge in [-0.15, -0.1) is 10.2 Å². The van der Waals surface area contributed by atoms with Crippen LogP contribution in [-0.2, 0) is 6.54 Å². The largest absolute Gasteiger partial charge is 0.493 e. The summed E-state index contributed by atoms with van der Waals surface area (Å²) in [7, 11) is 0. The van der Waals surface area contributed by atoms with E-state index >= 15 is 0 Å². The fraction of sp³-hybridized carbons (Fsp3) is 0.250. The number of benzene rings is 2. The molecule has 3 rings (SSSR count). The molecule has 7 heteroatoms. The number of nitrogens with zero attached hydrogens (tertiary/aromatic N) is 3. The lowest BCUT2D eigenvalue weighted by atomic mass is 10.2. The molecule has 0 fully saturated rings. The standard InChI is InChI=1S/C20H22N4O2S/c1-3-13-24-16-11-7-5-9-14(16)18(19(24)25)22-23-20(27)21-15-10-6-8-12-17(15)26-4-2/h5-12,25H,3-4,13H2,1-2H3,(H,21,27). The van der Waals surface area contributed by atoms with Gasteiger partial charge in [0.1, 0.15) is 5.75 Å². The Hall–Kier alpha value is -2.93. The van der Waals surface area contributed by atoms with Gasteiger partial charge in [-0.2, -0.15) is 0 Å². The Balaban J connectivity index is 1.86. The zero-order valence-electron chi connectivity index (χ0n) is 15.3. The molecule has 0 saturated carbocycles. The Morgan fingerprint density at radius 3 is 2.67 bits per heavy atom. The van der Waals surface area contributed by atoms with Crippen LogP contribution in [0.4, 0.5) is 11.4 Å². The van der Waals surface area contributed by atoms with E-state index in [9.17, 15) is 5.11 Å². The van der Waals surface area contributed by atoms with Crippen molar-refractivity contribution < 1.29 is 9.84 Å². The summed E-state index contributed by atoms with van der Waals surface area (Å²) >= 11 is 5.29. The van der Waals surface area contributed by atoms with Gasteiger partial charge in [-0.05, 0) is 43.8 Å². The summed E-state index contributed by atoms with van der Waals surface area (Å²) < 4.78 is 7.41. The molecule has 2 aromatic carbocycles. The molecule has 3 aromatic rings. The molecule has 1 aromatic heterocycles. The molecule has 0 atom stereocenters. The number of aromatic nitrogens is 1. The van der Waals surface area contributed by atoms with Gasteiger partial charge in [0.05, 0.1) is 17.8 Å². The van der Waals surface area contributed by atoms with Crippen LogP contribution in [0.1, 0.15) is 20.3 Å². The lowest BCUT2D eigenvalue weighted by molar-refractivity contribution is 0.342. The van der Waals surface area contributed by atoms with E-state index in [0.717, 1.165) is 23.0 Å². The number of rotatable bonds is 6. The number of anilines is 1. The number of fused-ring (bicyclic) bond motifs is 1. The van der Waals surface area contributed by atoms with Crippen molar-refractivity contribution in [1.29, 1.82) is 0 Å². The fourth-order valence-corrected chi connectivity index (χ4v) is 3.06. The Kier molecular flexibility index (Phi) is 6.03.